The lowest BCUT2D eigenvalue weighted by Crippen LogP contribution is -2.43. The third-order valence-electron chi connectivity index (χ3n) is 3.65. The summed E-state index contributed by atoms with van der Waals surface area (Å²) in [5, 5.41) is 8.74. The first-order valence-corrected chi connectivity index (χ1v) is 7.22. The number of aliphatic carboxylic acids is 1. The highest BCUT2D eigenvalue weighted by atomic mass is 19.2. The number of rotatable bonds is 5. The Morgan fingerprint density at radius 2 is 1.96 bits per heavy atom. The summed E-state index contributed by atoms with van der Waals surface area (Å²) in [5.41, 5.74) is -1.15. The van der Waals surface area contributed by atoms with Gasteiger partial charge in [-0.25, -0.2) is 18.0 Å². The summed E-state index contributed by atoms with van der Waals surface area (Å²) in [6.07, 6.45) is 0.155. The van der Waals surface area contributed by atoms with Crippen LogP contribution in [0.1, 0.15) is 32.1 Å². The van der Waals surface area contributed by atoms with Crippen molar-refractivity contribution in [1.82, 2.24) is 9.88 Å². The summed E-state index contributed by atoms with van der Waals surface area (Å²) in [6, 6.07) is -1.54. The molecule has 2 rings (SSSR count). The van der Waals surface area contributed by atoms with Gasteiger partial charge in [-0.2, -0.15) is 0 Å². The average molecular weight is 343 g/mol. The molecule has 2 N–H and O–H groups in total. The predicted octanol–water partition coefficient (Wildman–Crippen LogP) is 3.16. The Bertz CT molecular complexity index is 851. The number of nitrogens with one attached hydrogen (secondary N) is 1. The molecule has 2 aromatic rings. The standard InChI is InChI=1S/C16H17F3N2O3/c1-7(2)4-12(16(23)24)21(3)15(22)11-5-8-9(17)6-10(18)13(19)14(8)20-11/h5-7,12,20H,4H2,1-3H3,(H,23,24)/t12-/m0/s1/i5D. The quantitative estimate of drug-likeness (QED) is 0.819. The zero-order valence-corrected chi connectivity index (χ0v) is 13.3. The maximum Gasteiger partial charge on any atom is 0.326 e. The van der Waals surface area contributed by atoms with E-state index in [4.69, 9.17) is 1.37 Å². The highest BCUT2D eigenvalue weighted by Gasteiger charge is 2.29. The largest absolute Gasteiger partial charge is 0.480 e. The van der Waals surface area contributed by atoms with E-state index >= 15 is 0 Å². The van der Waals surface area contributed by atoms with E-state index in [1.54, 1.807) is 13.8 Å². The third-order valence-corrected chi connectivity index (χ3v) is 3.65. The predicted molar refractivity (Wildman–Crippen MR) is 81.1 cm³/mol. The zero-order valence-electron chi connectivity index (χ0n) is 14.3. The van der Waals surface area contributed by atoms with Crippen molar-refractivity contribution in [2.75, 3.05) is 7.05 Å². The minimum Gasteiger partial charge on any atom is -0.480 e. The number of carbonyl (C=O) groups is 2. The maximum absolute atomic E-state index is 13.9. The molecule has 1 atom stereocenters. The molecule has 5 nitrogen and oxygen atoms in total. The van der Waals surface area contributed by atoms with Crippen LogP contribution in [-0.2, 0) is 4.79 Å². The highest BCUT2D eigenvalue weighted by molar-refractivity contribution is 5.99. The summed E-state index contributed by atoms with van der Waals surface area (Å²) in [6.45, 7) is 3.56. The number of halogens is 3. The van der Waals surface area contributed by atoms with Crippen LogP contribution in [0.4, 0.5) is 13.2 Å². The van der Waals surface area contributed by atoms with Gasteiger partial charge in [-0.3, -0.25) is 4.79 Å². The number of aromatic nitrogens is 1. The molecule has 0 radical (unpaired) electrons. The van der Waals surface area contributed by atoms with Crippen LogP contribution in [0.2, 0.25) is 0 Å². The van der Waals surface area contributed by atoms with Crippen molar-refractivity contribution >= 4 is 22.8 Å². The topological polar surface area (TPSA) is 73.4 Å². The van der Waals surface area contributed by atoms with Crippen molar-refractivity contribution in [3.8, 4) is 0 Å². The van der Waals surface area contributed by atoms with Gasteiger partial charge in [-0.05, 0) is 18.4 Å². The third kappa shape index (κ3) is 3.22. The second-order valence-corrected chi connectivity index (χ2v) is 5.93. The summed E-state index contributed by atoms with van der Waals surface area (Å²) in [4.78, 5) is 27.0. The number of hydrogen-bond acceptors (Lipinski definition) is 2. The molecule has 0 unspecified atom stereocenters. The van der Waals surface area contributed by atoms with Gasteiger partial charge in [0.2, 0.25) is 0 Å². The second kappa shape index (κ2) is 6.54. The Labute approximate surface area is 137 Å². The van der Waals surface area contributed by atoms with Gasteiger partial charge in [0.1, 0.15) is 17.6 Å². The monoisotopic (exact) mass is 343 g/mol. The van der Waals surface area contributed by atoms with Crippen LogP contribution in [0.15, 0.2) is 12.1 Å². The van der Waals surface area contributed by atoms with Crippen LogP contribution in [-0.4, -0.2) is 40.0 Å². The number of carboxylic acids is 1. The van der Waals surface area contributed by atoms with Gasteiger partial charge in [0.05, 0.1) is 6.89 Å². The Kier molecular flexibility index (Phi) is 4.46. The number of benzene rings is 1. The van der Waals surface area contributed by atoms with E-state index < -0.39 is 58.0 Å². The van der Waals surface area contributed by atoms with Crippen LogP contribution in [0, 0.1) is 23.4 Å². The summed E-state index contributed by atoms with van der Waals surface area (Å²) in [5.74, 6) is -6.25. The first-order valence-electron chi connectivity index (χ1n) is 7.72. The number of carbonyl (C=O) groups excluding carboxylic acids is 1. The number of aromatic amines is 1. The first-order chi connectivity index (χ1) is 11.6. The number of fused-ring (bicyclic) bond motifs is 1. The smallest absolute Gasteiger partial charge is 0.326 e. The average Bonchev–Trinajstić information content (AvgIpc) is 2.86. The van der Waals surface area contributed by atoms with Gasteiger partial charge in [0.25, 0.3) is 5.91 Å². The van der Waals surface area contributed by atoms with Crippen molar-refractivity contribution in [2.45, 2.75) is 26.3 Å². The van der Waals surface area contributed by atoms with Crippen molar-refractivity contribution in [3.05, 3.63) is 35.3 Å². The highest BCUT2D eigenvalue weighted by Crippen LogP contribution is 2.25. The van der Waals surface area contributed by atoms with E-state index in [0.717, 1.165) is 4.90 Å². The fourth-order valence-electron chi connectivity index (χ4n) is 2.41. The first kappa shape index (κ1) is 16.4. The van der Waals surface area contributed by atoms with Crippen molar-refractivity contribution in [1.29, 1.82) is 0 Å². The molecule has 0 aliphatic carbocycles. The normalized spacial score (nSPS) is 13.2. The summed E-state index contributed by atoms with van der Waals surface area (Å²) >= 11 is 0. The fraction of sp³-hybridized carbons (Fsp3) is 0.375. The van der Waals surface area contributed by atoms with Gasteiger partial charge in [0.15, 0.2) is 11.6 Å². The number of nitrogens with zero attached hydrogens (tertiary/aromatic N) is 1. The zero-order chi connectivity index (χ0) is 19.0. The van der Waals surface area contributed by atoms with E-state index in [9.17, 15) is 27.9 Å². The van der Waals surface area contributed by atoms with Crippen molar-refractivity contribution in [2.24, 2.45) is 5.92 Å². The van der Waals surface area contributed by atoms with Gasteiger partial charge >= 0.3 is 5.97 Å². The second-order valence-electron chi connectivity index (χ2n) is 5.93. The lowest BCUT2D eigenvalue weighted by atomic mass is 10.0. The van der Waals surface area contributed by atoms with Crippen molar-refractivity contribution in [3.63, 3.8) is 0 Å². The molecule has 8 heteroatoms. The maximum atomic E-state index is 13.9. The molecule has 0 aliphatic heterocycles. The Morgan fingerprint density at radius 1 is 1.33 bits per heavy atom. The van der Waals surface area contributed by atoms with Crippen LogP contribution in [0.5, 0.6) is 0 Å². The Hall–Kier alpha value is -2.51. The molecule has 0 saturated carbocycles. The van der Waals surface area contributed by atoms with E-state index in [1.807, 2.05) is 0 Å². The van der Waals surface area contributed by atoms with Gasteiger partial charge < -0.3 is 15.0 Å². The molecule has 1 amide bonds. The molecule has 0 fully saturated rings. The molecule has 0 bridgehead atoms. The lowest BCUT2D eigenvalue weighted by Gasteiger charge is -2.25. The van der Waals surface area contributed by atoms with E-state index in [0.29, 0.717) is 6.07 Å². The van der Waals surface area contributed by atoms with Crippen LogP contribution < -0.4 is 0 Å². The fourth-order valence-corrected chi connectivity index (χ4v) is 2.41. The minimum absolute atomic E-state index is 0.0291. The molecule has 1 aromatic heterocycles. The number of amides is 1. The van der Waals surface area contributed by atoms with Crippen LogP contribution >= 0.6 is 0 Å². The molecular formula is C16H17F3N2O3. The molecule has 1 heterocycles. The Balaban J connectivity index is 2.52. The summed E-state index contributed by atoms with van der Waals surface area (Å²) < 4.78 is 48.9. The van der Waals surface area contributed by atoms with Crippen LogP contribution in [0.3, 0.4) is 0 Å². The number of hydrogen-bond donors (Lipinski definition) is 2. The molecular weight excluding hydrogens is 325 g/mol. The van der Waals surface area contributed by atoms with Gasteiger partial charge in [0, 0.05) is 18.5 Å². The van der Waals surface area contributed by atoms with Gasteiger partial charge in [-0.15, -0.1) is 0 Å². The van der Waals surface area contributed by atoms with Gasteiger partial charge in [-0.1, -0.05) is 13.8 Å². The molecule has 0 saturated heterocycles. The lowest BCUT2D eigenvalue weighted by molar-refractivity contribution is -0.142. The molecule has 130 valence electrons. The molecule has 24 heavy (non-hydrogen) atoms. The van der Waals surface area contributed by atoms with Crippen LogP contribution in [0.25, 0.3) is 10.9 Å². The molecule has 0 spiro atoms. The molecule has 1 aromatic carbocycles. The Morgan fingerprint density at radius 3 is 2.50 bits per heavy atom. The number of carboxylic acid groups (broad SMARTS) is 1. The SMILES string of the molecule is [2H]c1c(C(=O)N(C)[C@@H](CC(C)C)C(=O)O)[nH]c2c(F)c(F)cc(F)c12. The number of likely N-dealkylation sites (N-methyl/N-ethyl adjacent to an activating group) is 1. The number of H-pyrrole nitrogens is 1. The molecule has 0 aliphatic rings. The summed E-state index contributed by atoms with van der Waals surface area (Å²) in [7, 11) is 1.22. The van der Waals surface area contributed by atoms with E-state index in [2.05, 4.69) is 4.98 Å². The van der Waals surface area contributed by atoms with Crippen molar-refractivity contribution < 1.29 is 29.2 Å². The minimum atomic E-state index is -1.46. The van der Waals surface area contributed by atoms with E-state index in [-0.39, 0.29) is 12.3 Å². The van der Waals surface area contributed by atoms with E-state index in [1.165, 1.54) is 7.05 Å².